The van der Waals surface area contributed by atoms with Crippen LogP contribution in [0.1, 0.15) is 0 Å². The summed E-state index contributed by atoms with van der Waals surface area (Å²) >= 11 is 1.21. The third-order valence-corrected chi connectivity index (χ3v) is 6.93. The first-order chi connectivity index (χ1) is 12.6. The van der Waals surface area contributed by atoms with E-state index in [1.807, 2.05) is 54.6 Å². The maximum absolute atomic E-state index is 12.3. The fraction of sp³-hybridized carbons (Fsp3) is 0.105. The lowest BCUT2D eigenvalue weighted by Gasteiger charge is -2.10. The van der Waals surface area contributed by atoms with Crippen LogP contribution in [-0.4, -0.2) is 24.5 Å². The van der Waals surface area contributed by atoms with E-state index >= 15 is 0 Å². The van der Waals surface area contributed by atoms with Crippen LogP contribution in [0.3, 0.4) is 0 Å². The predicted octanol–water partition coefficient (Wildman–Crippen LogP) is 3.74. The van der Waals surface area contributed by atoms with Crippen molar-refractivity contribution in [3.8, 4) is 11.4 Å². The van der Waals surface area contributed by atoms with Crippen molar-refractivity contribution in [2.75, 3.05) is 6.54 Å². The van der Waals surface area contributed by atoms with Gasteiger partial charge in [-0.25, -0.2) is 18.1 Å². The molecule has 2 heterocycles. The van der Waals surface area contributed by atoms with Gasteiger partial charge < -0.3 is 4.57 Å². The molecule has 0 radical (unpaired) electrons. The molecule has 0 spiro atoms. The van der Waals surface area contributed by atoms with Crippen LogP contribution in [0.15, 0.2) is 76.3 Å². The molecule has 0 aliphatic heterocycles. The summed E-state index contributed by atoms with van der Waals surface area (Å²) in [5, 5.41) is 1.76. The summed E-state index contributed by atoms with van der Waals surface area (Å²) in [6.07, 6.45) is 0. The molecule has 0 unspecified atom stereocenters. The molecule has 0 atom stereocenters. The SMILES string of the molecule is O=S(=O)(NCCn1c(-c2ccccc2)nc2ccccc21)c1cccs1. The van der Waals surface area contributed by atoms with Crippen LogP contribution in [0.4, 0.5) is 0 Å². The third-order valence-electron chi connectivity index (χ3n) is 4.07. The number of sulfonamides is 1. The molecular weight excluding hydrogens is 366 g/mol. The maximum atomic E-state index is 12.3. The Hall–Kier alpha value is -2.48. The van der Waals surface area contributed by atoms with Crippen LogP contribution in [-0.2, 0) is 16.6 Å². The van der Waals surface area contributed by atoms with Gasteiger partial charge in [-0.3, -0.25) is 0 Å². The lowest BCUT2D eigenvalue weighted by atomic mass is 10.2. The van der Waals surface area contributed by atoms with Gasteiger partial charge in [0.1, 0.15) is 10.0 Å². The van der Waals surface area contributed by atoms with Crippen LogP contribution in [0, 0.1) is 0 Å². The number of nitrogens with one attached hydrogen (secondary N) is 1. The number of fused-ring (bicyclic) bond motifs is 1. The molecule has 4 rings (SSSR count). The van der Waals surface area contributed by atoms with Crippen molar-refractivity contribution in [2.24, 2.45) is 0 Å². The van der Waals surface area contributed by atoms with Gasteiger partial charge in [0.2, 0.25) is 10.0 Å². The first-order valence-corrected chi connectivity index (χ1v) is 10.6. The zero-order chi connectivity index (χ0) is 18.0. The Balaban J connectivity index is 1.64. The van der Waals surface area contributed by atoms with Crippen LogP contribution in [0.25, 0.3) is 22.4 Å². The molecule has 2 aromatic carbocycles. The number of aromatic nitrogens is 2. The highest BCUT2D eigenvalue weighted by Crippen LogP contribution is 2.24. The Kier molecular flexibility index (Phi) is 4.58. The summed E-state index contributed by atoms with van der Waals surface area (Å²) in [6, 6.07) is 21.1. The van der Waals surface area contributed by atoms with Crippen molar-refractivity contribution in [1.82, 2.24) is 14.3 Å². The van der Waals surface area contributed by atoms with Crippen molar-refractivity contribution in [2.45, 2.75) is 10.8 Å². The monoisotopic (exact) mass is 383 g/mol. The molecule has 26 heavy (non-hydrogen) atoms. The first kappa shape index (κ1) is 17.0. The van der Waals surface area contributed by atoms with Crippen LogP contribution < -0.4 is 4.72 Å². The molecule has 4 aromatic rings. The number of nitrogens with zero attached hydrogens (tertiary/aromatic N) is 2. The average molecular weight is 383 g/mol. The molecular formula is C19H17N3O2S2. The third kappa shape index (κ3) is 3.29. The fourth-order valence-electron chi connectivity index (χ4n) is 2.89. The second-order valence-electron chi connectivity index (χ2n) is 5.77. The Labute approximate surface area is 156 Å². The van der Waals surface area contributed by atoms with Gasteiger partial charge in [0.15, 0.2) is 0 Å². The minimum Gasteiger partial charge on any atom is -0.323 e. The first-order valence-electron chi connectivity index (χ1n) is 8.19. The molecule has 7 heteroatoms. The summed E-state index contributed by atoms with van der Waals surface area (Å²) in [5.74, 6) is 0.835. The van der Waals surface area contributed by atoms with Crippen molar-refractivity contribution < 1.29 is 8.42 Å². The summed E-state index contributed by atoms with van der Waals surface area (Å²) in [6.45, 7) is 0.787. The molecule has 0 aliphatic carbocycles. The normalized spacial score (nSPS) is 11.8. The lowest BCUT2D eigenvalue weighted by molar-refractivity contribution is 0.577. The van der Waals surface area contributed by atoms with Crippen molar-refractivity contribution >= 4 is 32.4 Å². The molecule has 2 aromatic heterocycles. The summed E-state index contributed by atoms with van der Waals surface area (Å²) in [4.78, 5) is 4.74. The molecule has 0 saturated carbocycles. The van der Waals surface area contributed by atoms with E-state index in [4.69, 9.17) is 4.98 Å². The van der Waals surface area contributed by atoms with E-state index in [1.54, 1.807) is 17.5 Å². The van der Waals surface area contributed by atoms with Gasteiger partial charge in [0, 0.05) is 18.7 Å². The zero-order valence-corrected chi connectivity index (χ0v) is 15.5. The van der Waals surface area contributed by atoms with Crippen molar-refractivity contribution in [3.05, 3.63) is 72.1 Å². The summed E-state index contributed by atoms with van der Waals surface area (Å²) in [7, 11) is -3.47. The Morgan fingerprint density at radius 3 is 2.50 bits per heavy atom. The summed E-state index contributed by atoms with van der Waals surface area (Å²) < 4.78 is 29.7. The highest BCUT2D eigenvalue weighted by atomic mass is 32.2. The van der Waals surface area contributed by atoms with Gasteiger partial charge in [0.25, 0.3) is 0 Å². The molecule has 0 saturated heterocycles. The van der Waals surface area contributed by atoms with Crippen molar-refractivity contribution in [1.29, 1.82) is 0 Å². The van der Waals surface area contributed by atoms with E-state index in [0.717, 1.165) is 22.4 Å². The van der Waals surface area contributed by atoms with Gasteiger partial charge >= 0.3 is 0 Å². The average Bonchev–Trinajstić information content (AvgIpc) is 3.31. The molecule has 0 fully saturated rings. The zero-order valence-electron chi connectivity index (χ0n) is 13.9. The lowest BCUT2D eigenvalue weighted by Crippen LogP contribution is -2.27. The number of thiophene rings is 1. The van der Waals surface area contributed by atoms with Gasteiger partial charge in [0.05, 0.1) is 11.0 Å². The minimum atomic E-state index is -3.47. The maximum Gasteiger partial charge on any atom is 0.250 e. The van der Waals surface area contributed by atoms with E-state index in [1.165, 1.54) is 11.3 Å². The minimum absolute atomic E-state index is 0.292. The highest BCUT2D eigenvalue weighted by molar-refractivity contribution is 7.91. The Morgan fingerprint density at radius 2 is 1.73 bits per heavy atom. The molecule has 132 valence electrons. The molecule has 5 nitrogen and oxygen atoms in total. The number of hydrogen-bond donors (Lipinski definition) is 1. The van der Waals surface area contributed by atoms with Gasteiger partial charge in [-0.2, -0.15) is 0 Å². The van der Waals surface area contributed by atoms with Crippen LogP contribution in [0.5, 0.6) is 0 Å². The van der Waals surface area contributed by atoms with Crippen molar-refractivity contribution in [3.63, 3.8) is 0 Å². The van der Waals surface area contributed by atoms with E-state index in [2.05, 4.69) is 9.29 Å². The van der Waals surface area contributed by atoms with E-state index in [0.29, 0.717) is 17.3 Å². The topological polar surface area (TPSA) is 64.0 Å². The van der Waals surface area contributed by atoms with Gasteiger partial charge in [-0.05, 0) is 23.6 Å². The fourth-order valence-corrected chi connectivity index (χ4v) is 4.95. The predicted molar refractivity (Wildman–Crippen MR) is 105 cm³/mol. The summed E-state index contributed by atoms with van der Waals surface area (Å²) in [5.41, 5.74) is 2.89. The Morgan fingerprint density at radius 1 is 0.962 bits per heavy atom. The largest absolute Gasteiger partial charge is 0.323 e. The molecule has 0 bridgehead atoms. The van der Waals surface area contributed by atoms with E-state index in [-0.39, 0.29) is 0 Å². The quantitative estimate of drug-likeness (QED) is 0.552. The van der Waals surface area contributed by atoms with Crippen LogP contribution >= 0.6 is 11.3 Å². The Bertz CT molecular complexity index is 1120. The van der Waals surface area contributed by atoms with Gasteiger partial charge in [-0.15, -0.1) is 11.3 Å². The van der Waals surface area contributed by atoms with E-state index in [9.17, 15) is 8.42 Å². The number of benzene rings is 2. The molecule has 1 N–H and O–H groups in total. The van der Waals surface area contributed by atoms with Gasteiger partial charge in [-0.1, -0.05) is 48.5 Å². The smallest absolute Gasteiger partial charge is 0.250 e. The van der Waals surface area contributed by atoms with Crippen LogP contribution in [0.2, 0.25) is 0 Å². The number of hydrogen-bond acceptors (Lipinski definition) is 4. The number of para-hydroxylation sites is 2. The number of imidazole rings is 1. The molecule has 0 amide bonds. The second-order valence-corrected chi connectivity index (χ2v) is 8.71. The number of rotatable bonds is 6. The standard InChI is InChI=1S/C19H17N3O2S2/c23-26(24,18-11-6-14-25-18)20-12-13-22-17-10-5-4-9-16(17)21-19(22)15-7-2-1-3-8-15/h1-11,14,20H,12-13H2. The van der Waals surface area contributed by atoms with E-state index < -0.39 is 10.0 Å². The highest BCUT2D eigenvalue weighted by Gasteiger charge is 2.16. The second kappa shape index (κ2) is 7.03. The molecule has 0 aliphatic rings.